The van der Waals surface area contributed by atoms with Gasteiger partial charge >= 0.3 is 0 Å². The number of nitrogens with zero attached hydrogens (tertiary/aromatic N) is 1. The van der Waals surface area contributed by atoms with Crippen molar-refractivity contribution < 1.29 is 14.6 Å². The number of carbonyl (C=O) groups is 1. The van der Waals surface area contributed by atoms with E-state index in [4.69, 9.17) is 10.5 Å². The number of para-hydroxylation sites is 1. The molecule has 0 aliphatic carbocycles. The van der Waals surface area contributed by atoms with Crippen LogP contribution in [0.4, 0.5) is 11.4 Å². The van der Waals surface area contributed by atoms with Gasteiger partial charge in [-0.15, -0.1) is 0 Å². The third-order valence-electron chi connectivity index (χ3n) is 3.46. The Hall–Kier alpha value is -2.53. The highest BCUT2D eigenvalue weighted by Gasteiger charge is 2.36. The Labute approximate surface area is 122 Å². The van der Waals surface area contributed by atoms with Gasteiger partial charge in [0, 0.05) is 12.1 Å². The first kappa shape index (κ1) is 13.5. The predicted octanol–water partition coefficient (Wildman–Crippen LogP) is 1.73. The number of rotatable bonds is 3. The number of anilines is 2. The summed E-state index contributed by atoms with van der Waals surface area (Å²) in [6.07, 6.45) is -0.716. The van der Waals surface area contributed by atoms with Gasteiger partial charge in [-0.2, -0.15) is 0 Å². The lowest BCUT2D eigenvalue weighted by molar-refractivity contribution is -0.126. The highest BCUT2D eigenvalue weighted by Crippen LogP contribution is 2.42. The highest BCUT2D eigenvalue weighted by molar-refractivity contribution is 6.03. The quantitative estimate of drug-likeness (QED) is 0.842. The Balaban J connectivity index is 2.07. The summed E-state index contributed by atoms with van der Waals surface area (Å²) in [5.41, 5.74) is 7.72. The third kappa shape index (κ3) is 2.32. The van der Waals surface area contributed by atoms with E-state index in [1.807, 2.05) is 30.3 Å². The molecule has 5 nitrogen and oxygen atoms in total. The summed E-state index contributed by atoms with van der Waals surface area (Å²) >= 11 is 0. The van der Waals surface area contributed by atoms with E-state index < -0.39 is 6.10 Å². The van der Waals surface area contributed by atoms with Crippen molar-refractivity contribution in [1.82, 2.24) is 0 Å². The van der Waals surface area contributed by atoms with Gasteiger partial charge in [-0.3, -0.25) is 4.79 Å². The molecule has 1 amide bonds. The van der Waals surface area contributed by atoms with Crippen LogP contribution in [0.1, 0.15) is 11.7 Å². The molecule has 108 valence electrons. The van der Waals surface area contributed by atoms with Crippen molar-refractivity contribution in [3.63, 3.8) is 0 Å². The summed E-state index contributed by atoms with van der Waals surface area (Å²) < 4.78 is 5.83. The van der Waals surface area contributed by atoms with Crippen LogP contribution < -0.4 is 15.4 Å². The van der Waals surface area contributed by atoms with E-state index in [0.29, 0.717) is 17.1 Å². The molecule has 2 aromatic carbocycles. The molecule has 0 radical (unpaired) electrons. The maximum atomic E-state index is 12.7. The molecule has 0 spiro atoms. The van der Waals surface area contributed by atoms with Crippen LogP contribution in [-0.4, -0.2) is 24.2 Å². The zero-order chi connectivity index (χ0) is 14.8. The molecular formula is C16H16N2O3. The number of hydrogen-bond donors (Lipinski definition) is 2. The molecule has 3 N–H and O–H groups in total. The van der Waals surface area contributed by atoms with Crippen molar-refractivity contribution in [3.8, 4) is 5.75 Å². The molecule has 1 heterocycles. The van der Waals surface area contributed by atoms with E-state index in [1.54, 1.807) is 18.2 Å². The summed E-state index contributed by atoms with van der Waals surface area (Å²) in [7, 11) is 0. The lowest BCUT2D eigenvalue weighted by atomic mass is 10.0. The summed E-state index contributed by atoms with van der Waals surface area (Å²) in [6, 6.07) is 14.6. The SMILES string of the molecule is Nc1cccc2c1N(CCO)C(=O)C(c1ccccc1)O2. The maximum absolute atomic E-state index is 12.7. The lowest BCUT2D eigenvalue weighted by Gasteiger charge is -2.35. The van der Waals surface area contributed by atoms with Crippen molar-refractivity contribution in [1.29, 1.82) is 0 Å². The maximum Gasteiger partial charge on any atom is 0.273 e. The van der Waals surface area contributed by atoms with Crippen LogP contribution in [0.15, 0.2) is 48.5 Å². The first-order chi connectivity index (χ1) is 10.2. The number of benzene rings is 2. The molecule has 0 saturated heterocycles. The number of β-amino-alcohol motifs (C(OH)–C–C–N with tert-alkyl or cyclic N) is 1. The molecule has 21 heavy (non-hydrogen) atoms. The molecule has 0 fully saturated rings. The summed E-state index contributed by atoms with van der Waals surface area (Å²) in [5, 5.41) is 9.23. The monoisotopic (exact) mass is 284 g/mol. The molecular weight excluding hydrogens is 268 g/mol. The zero-order valence-corrected chi connectivity index (χ0v) is 11.4. The number of aliphatic hydroxyl groups excluding tert-OH is 1. The molecule has 1 aliphatic rings. The van der Waals surface area contributed by atoms with E-state index in [0.717, 1.165) is 5.56 Å². The first-order valence-corrected chi connectivity index (χ1v) is 6.74. The third-order valence-corrected chi connectivity index (χ3v) is 3.46. The van der Waals surface area contributed by atoms with Crippen molar-refractivity contribution in [3.05, 3.63) is 54.1 Å². The van der Waals surface area contributed by atoms with Gasteiger partial charge in [0.1, 0.15) is 11.4 Å². The van der Waals surface area contributed by atoms with Crippen LogP contribution in [0.5, 0.6) is 5.75 Å². The van der Waals surface area contributed by atoms with Crippen LogP contribution in [0.3, 0.4) is 0 Å². The van der Waals surface area contributed by atoms with Gasteiger partial charge in [0.15, 0.2) is 0 Å². The number of fused-ring (bicyclic) bond motifs is 1. The Morgan fingerprint density at radius 2 is 1.90 bits per heavy atom. The molecule has 0 saturated carbocycles. The van der Waals surface area contributed by atoms with Crippen LogP contribution in [0.2, 0.25) is 0 Å². The van der Waals surface area contributed by atoms with E-state index in [1.165, 1.54) is 4.90 Å². The van der Waals surface area contributed by atoms with Gasteiger partial charge in [-0.25, -0.2) is 0 Å². The second-order valence-electron chi connectivity index (χ2n) is 4.82. The number of aliphatic hydroxyl groups is 1. The molecule has 1 atom stereocenters. The standard InChI is InChI=1S/C16H16N2O3/c17-12-7-4-8-13-14(12)18(9-10-19)16(20)15(21-13)11-5-2-1-3-6-11/h1-8,15,19H,9-10,17H2. The minimum atomic E-state index is -0.716. The van der Waals surface area contributed by atoms with Gasteiger partial charge in [-0.05, 0) is 12.1 Å². The largest absolute Gasteiger partial charge is 0.474 e. The van der Waals surface area contributed by atoms with Gasteiger partial charge in [0.05, 0.1) is 12.3 Å². The second kappa shape index (κ2) is 5.46. The topological polar surface area (TPSA) is 75.8 Å². The van der Waals surface area contributed by atoms with Crippen molar-refractivity contribution in [2.45, 2.75) is 6.10 Å². The molecule has 2 aromatic rings. The second-order valence-corrected chi connectivity index (χ2v) is 4.82. The fraction of sp³-hybridized carbons (Fsp3) is 0.188. The van der Waals surface area contributed by atoms with Gasteiger partial charge in [0.25, 0.3) is 5.91 Å². The number of carbonyl (C=O) groups excluding carboxylic acids is 1. The molecule has 0 bridgehead atoms. The zero-order valence-electron chi connectivity index (χ0n) is 11.4. The van der Waals surface area contributed by atoms with Gasteiger partial charge in [0.2, 0.25) is 6.10 Å². The molecule has 1 aliphatic heterocycles. The minimum Gasteiger partial charge on any atom is -0.474 e. The molecule has 3 rings (SSSR count). The number of ether oxygens (including phenoxy) is 1. The van der Waals surface area contributed by atoms with Gasteiger partial charge < -0.3 is 20.5 Å². The number of nitrogens with two attached hydrogens (primary N) is 1. The Morgan fingerprint density at radius 1 is 1.14 bits per heavy atom. The smallest absolute Gasteiger partial charge is 0.273 e. The van der Waals surface area contributed by atoms with E-state index in [-0.39, 0.29) is 19.1 Å². The van der Waals surface area contributed by atoms with Crippen molar-refractivity contribution in [2.24, 2.45) is 0 Å². The summed E-state index contributed by atoms with van der Waals surface area (Å²) in [6.45, 7) is 0.0494. The fourth-order valence-corrected chi connectivity index (χ4v) is 2.51. The molecule has 1 unspecified atom stereocenters. The van der Waals surface area contributed by atoms with Crippen molar-refractivity contribution >= 4 is 17.3 Å². The Bertz CT molecular complexity index is 658. The highest BCUT2D eigenvalue weighted by atomic mass is 16.5. The molecule has 0 aromatic heterocycles. The lowest BCUT2D eigenvalue weighted by Crippen LogP contribution is -2.43. The van der Waals surface area contributed by atoms with Crippen LogP contribution in [0, 0.1) is 0 Å². The number of amides is 1. The average molecular weight is 284 g/mol. The molecule has 5 heteroatoms. The Kier molecular flexibility index (Phi) is 3.50. The van der Waals surface area contributed by atoms with Crippen LogP contribution in [0.25, 0.3) is 0 Å². The summed E-state index contributed by atoms with van der Waals surface area (Å²) in [5.74, 6) is 0.331. The average Bonchev–Trinajstić information content (AvgIpc) is 2.51. The van der Waals surface area contributed by atoms with E-state index >= 15 is 0 Å². The van der Waals surface area contributed by atoms with Crippen LogP contribution in [-0.2, 0) is 4.79 Å². The number of hydrogen-bond acceptors (Lipinski definition) is 4. The Morgan fingerprint density at radius 3 is 2.62 bits per heavy atom. The predicted molar refractivity (Wildman–Crippen MR) is 80.1 cm³/mol. The first-order valence-electron chi connectivity index (χ1n) is 6.74. The van der Waals surface area contributed by atoms with Crippen LogP contribution >= 0.6 is 0 Å². The fourth-order valence-electron chi connectivity index (χ4n) is 2.51. The van der Waals surface area contributed by atoms with Gasteiger partial charge in [-0.1, -0.05) is 36.4 Å². The van der Waals surface area contributed by atoms with Crippen molar-refractivity contribution in [2.75, 3.05) is 23.8 Å². The normalized spacial score (nSPS) is 17.3. The number of nitrogen functional groups attached to an aromatic ring is 1. The van der Waals surface area contributed by atoms with E-state index in [9.17, 15) is 9.90 Å². The minimum absolute atomic E-state index is 0.138. The summed E-state index contributed by atoms with van der Waals surface area (Å²) in [4.78, 5) is 14.2. The van der Waals surface area contributed by atoms with E-state index in [2.05, 4.69) is 0 Å².